The molecule has 88 valence electrons. The highest BCUT2D eigenvalue weighted by molar-refractivity contribution is 7.13. The van der Waals surface area contributed by atoms with E-state index in [0.717, 1.165) is 16.4 Å². The van der Waals surface area contributed by atoms with Gasteiger partial charge in [0.15, 0.2) is 5.82 Å². The fourth-order valence-corrected chi connectivity index (χ4v) is 3.23. The van der Waals surface area contributed by atoms with Crippen molar-refractivity contribution in [1.82, 2.24) is 9.97 Å². The van der Waals surface area contributed by atoms with E-state index in [4.69, 9.17) is 11.6 Å². The lowest BCUT2D eigenvalue weighted by molar-refractivity contribution is 0.695. The first-order chi connectivity index (χ1) is 8.33. The quantitative estimate of drug-likeness (QED) is 0.746. The Labute approximate surface area is 110 Å². The first-order valence-corrected chi connectivity index (χ1v) is 7.17. The summed E-state index contributed by atoms with van der Waals surface area (Å²) in [6, 6.07) is 5.98. The summed E-state index contributed by atoms with van der Waals surface area (Å²) in [5, 5.41) is 2.60. The number of hydrogen-bond donors (Lipinski definition) is 0. The van der Waals surface area contributed by atoms with Crippen molar-refractivity contribution in [2.24, 2.45) is 0 Å². The molecule has 0 unspecified atom stereocenters. The highest BCUT2D eigenvalue weighted by atomic mass is 35.5. The molecule has 1 aliphatic rings. The summed E-state index contributed by atoms with van der Waals surface area (Å²) in [5.74, 6) is 1.35. The summed E-state index contributed by atoms with van der Waals surface area (Å²) >= 11 is 7.75. The highest BCUT2D eigenvalue weighted by Crippen LogP contribution is 2.35. The van der Waals surface area contributed by atoms with Gasteiger partial charge >= 0.3 is 0 Å². The third-order valence-electron chi connectivity index (χ3n) is 3.23. The van der Waals surface area contributed by atoms with Crippen molar-refractivity contribution in [3.8, 4) is 10.7 Å². The van der Waals surface area contributed by atoms with E-state index in [1.165, 1.54) is 25.7 Å². The number of hydrogen-bond acceptors (Lipinski definition) is 3. The molecule has 0 amide bonds. The Kier molecular flexibility index (Phi) is 3.12. The number of aromatic nitrogens is 2. The molecule has 1 fully saturated rings. The van der Waals surface area contributed by atoms with E-state index in [1.807, 2.05) is 23.6 Å². The molecule has 1 saturated carbocycles. The van der Waals surface area contributed by atoms with Gasteiger partial charge in [0.2, 0.25) is 0 Å². The average Bonchev–Trinajstić information content (AvgIpc) is 3.02. The summed E-state index contributed by atoms with van der Waals surface area (Å²) in [6.07, 6.45) is 5.08. The Morgan fingerprint density at radius 2 is 2.06 bits per heavy atom. The van der Waals surface area contributed by atoms with Crippen molar-refractivity contribution in [3.05, 3.63) is 34.4 Å². The lowest BCUT2D eigenvalue weighted by atomic mass is 10.0. The molecule has 2 nitrogen and oxygen atoms in total. The maximum absolute atomic E-state index is 6.10. The van der Waals surface area contributed by atoms with E-state index >= 15 is 0 Å². The Hall–Kier alpha value is -0.930. The minimum Gasteiger partial charge on any atom is -0.232 e. The van der Waals surface area contributed by atoms with Crippen LogP contribution < -0.4 is 0 Å². The summed E-state index contributed by atoms with van der Waals surface area (Å²) in [4.78, 5) is 10.1. The SMILES string of the molecule is Clc1cc(C2CCCC2)nc(-c2cccs2)n1. The molecule has 0 radical (unpaired) electrons. The van der Waals surface area contributed by atoms with Crippen molar-refractivity contribution < 1.29 is 0 Å². The van der Waals surface area contributed by atoms with Crippen LogP contribution in [-0.4, -0.2) is 9.97 Å². The summed E-state index contributed by atoms with van der Waals surface area (Å²) in [6.45, 7) is 0. The summed E-state index contributed by atoms with van der Waals surface area (Å²) in [5.41, 5.74) is 1.12. The van der Waals surface area contributed by atoms with Crippen molar-refractivity contribution in [2.75, 3.05) is 0 Å². The molecule has 0 bridgehead atoms. The lowest BCUT2D eigenvalue weighted by Crippen LogP contribution is -1.99. The van der Waals surface area contributed by atoms with E-state index in [-0.39, 0.29) is 0 Å². The first kappa shape index (κ1) is 11.2. The maximum Gasteiger partial charge on any atom is 0.171 e. The first-order valence-electron chi connectivity index (χ1n) is 5.91. The molecule has 2 heterocycles. The van der Waals surface area contributed by atoms with E-state index in [1.54, 1.807) is 11.3 Å². The molecular weight excluding hydrogens is 252 g/mol. The van der Waals surface area contributed by atoms with Gasteiger partial charge in [-0.3, -0.25) is 0 Å². The van der Waals surface area contributed by atoms with Crippen molar-refractivity contribution in [2.45, 2.75) is 31.6 Å². The van der Waals surface area contributed by atoms with Crippen LogP contribution in [0.1, 0.15) is 37.3 Å². The van der Waals surface area contributed by atoms with Crippen LogP contribution in [-0.2, 0) is 0 Å². The van der Waals surface area contributed by atoms with Crippen LogP contribution in [0.15, 0.2) is 23.6 Å². The fraction of sp³-hybridized carbons (Fsp3) is 0.385. The molecule has 0 aromatic carbocycles. The van der Waals surface area contributed by atoms with Crippen molar-refractivity contribution in [1.29, 1.82) is 0 Å². The average molecular weight is 265 g/mol. The Balaban J connectivity index is 2.00. The second kappa shape index (κ2) is 4.75. The molecule has 0 aliphatic heterocycles. The number of rotatable bonds is 2. The molecule has 0 spiro atoms. The van der Waals surface area contributed by atoms with Gasteiger partial charge in [0, 0.05) is 11.6 Å². The van der Waals surface area contributed by atoms with Gasteiger partial charge in [0.25, 0.3) is 0 Å². The molecule has 3 rings (SSSR count). The molecule has 4 heteroatoms. The highest BCUT2D eigenvalue weighted by Gasteiger charge is 2.20. The maximum atomic E-state index is 6.10. The van der Waals surface area contributed by atoms with E-state index < -0.39 is 0 Å². The van der Waals surface area contributed by atoms with Gasteiger partial charge in [-0.1, -0.05) is 30.5 Å². The third-order valence-corrected chi connectivity index (χ3v) is 4.29. The van der Waals surface area contributed by atoms with Crippen LogP contribution in [0.5, 0.6) is 0 Å². The monoisotopic (exact) mass is 264 g/mol. The van der Waals surface area contributed by atoms with Gasteiger partial charge in [-0.25, -0.2) is 9.97 Å². The Morgan fingerprint density at radius 3 is 2.76 bits per heavy atom. The topological polar surface area (TPSA) is 25.8 Å². The largest absolute Gasteiger partial charge is 0.232 e. The minimum absolute atomic E-state index is 0.560. The summed E-state index contributed by atoms with van der Waals surface area (Å²) in [7, 11) is 0. The fourth-order valence-electron chi connectivity index (χ4n) is 2.38. The number of thiophene rings is 1. The van der Waals surface area contributed by atoms with Crippen LogP contribution in [0.3, 0.4) is 0 Å². The third kappa shape index (κ3) is 2.35. The minimum atomic E-state index is 0.560. The molecular formula is C13H13ClN2S. The number of nitrogens with zero attached hydrogens (tertiary/aromatic N) is 2. The lowest BCUT2D eigenvalue weighted by Gasteiger charge is -2.09. The molecule has 0 atom stereocenters. The predicted molar refractivity (Wildman–Crippen MR) is 71.6 cm³/mol. The zero-order chi connectivity index (χ0) is 11.7. The zero-order valence-corrected chi connectivity index (χ0v) is 11.0. The molecule has 1 aliphatic carbocycles. The number of halogens is 1. The van der Waals surface area contributed by atoms with Crippen molar-refractivity contribution in [3.63, 3.8) is 0 Å². The second-order valence-electron chi connectivity index (χ2n) is 4.40. The molecule has 2 aromatic rings. The predicted octanol–water partition coefficient (Wildman–Crippen LogP) is 4.52. The van der Waals surface area contributed by atoms with Crippen LogP contribution in [0.4, 0.5) is 0 Å². The molecule has 17 heavy (non-hydrogen) atoms. The second-order valence-corrected chi connectivity index (χ2v) is 5.73. The van der Waals surface area contributed by atoms with E-state index in [2.05, 4.69) is 9.97 Å². The van der Waals surface area contributed by atoms with Crippen LogP contribution in [0.2, 0.25) is 5.15 Å². The van der Waals surface area contributed by atoms with Gasteiger partial charge in [-0.2, -0.15) is 0 Å². The van der Waals surface area contributed by atoms with Gasteiger partial charge in [-0.05, 0) is 30.4 Å². The molecule has 0 saturated heterocycles. The normalized spacial score (nSPS) is 16.5. The van der Waals surface area contributed by atoms with Gasteiger partial charge in [-0.15, -0.1) is 11.3 Å². The van der Waals surface area contributed by atoms with Crippen LogP contribution in [0, 0.1) is 0 Å². The van der Waals surface area contributed by atoms with E-state index in [9.17, 15) is 0 Å². The molecule has 0 N–H and O–H groups in total. The Morgan fingerprint density at radius 1 is 1.24 bits per heavy atom. The van der Waals surface area contributed by atoms with Gasteiger partial charge in [0.1, 0.15) is 5.15 Å². The van der Waals surface area contributed by atoms with Gasteiger partial charge in [0.05, 0.1) is 4.88 Å². The van der Waals surface area contributed by atoms with E-state index in [0.29, 0.717) is 11.1 Å². The Bertz CT molecular complexity index is 504. The molecule has 2 aromatic heterocycles. The van der Waals surface area contributed by atoms with Gasteiger partial charge < -0.3 is 0 Å². The van der Waals surface area contributed by atoms with Crippen LogP contribution >= 0.6 is 22.9 Å². The van der Waals surface area contributed by atoms with Crippen molar-refractivity contribution >= 4 is 22.9 Å². The standard InChI is InChI=1S/C13H13ClN2S/c14-12-8-10(9-4-1-2-5-9)15-13(16-12)11-6-3-7-17-11/h3,6-9H,1-2,4-5H2. The zero-order valence-electron chi connectivity index (χ0n) is 9.40. The smallest absolute Gasteiger partial charge is 0.171 e. The summed E-state index contributed by atoms with van der Waals surface area (Å²) < 4.78 is 0. The van der Waals surface area contributed by atoms with Crippen LogP contribution in [0.25, 0.3) is 10.7 Å².